The second-order valence-corrected chi connectivity index (χ2v) is 3.40. The maximum atomic E-state index is 12.5. The highest BCUT2D eigenvalue weighted by molar-refractivity contribution is 5.18. The number of hydrogen-bond acceptors (Lipinski definition) is 1. The van der Waals surface area contributed by atoms with Gasteiger partial charge >= 0.3 is 6.18 Å². The molecule has 0 saturated carbocycles. The van der Waals surface area contributed by atoms with Gasteiger partial charge in [-0.05, 0) is 19.4 Å². The Morgan fingerprint density at radius 3 is 2.20 bits per heavy atom. The van der Waals surface area contributed by atoms with Gasteiger partial charge in [-0.15, -0.1) is 0 Å². The van der Waals surface area contributed by atoms with E-state index in [0.717, 1.165) is 12.5 Å². The number of rotatable bonds is 3. The predicted molar refractivity (Wildman–Crippen MR) is 53.5 cm³/mol. The Kier molecular flexibility index (Phi) is 3.26. The lowest BCUT2D eigenvalue weighted by Crippen LogP contribution is -2.40. The Hall–Kier alpha value is -1.03. The summed E-state index contributed by atoms with van der Waals surface area (Å²) in [5.41, 5.74) is 0.727. The molecule has 1 aromatic rings. The molecule has 1 rings (SSSR count). The van der Waals surface area contributed by atoms with Crippen LogP contribution in [0.15, 0.2) is 30.3 Å². The summed E-state index contributed by atoms with van der Waals surface area (Å²) in [6.45, 7) is 2.42. The molecule has 1 aromatic carbocycles. The van der Waals surface area contributed by atoms with E-state index in [1.165, 1.54) is 0 Å². The molecular weight excluding hydrogens is 203 g/mol. The van der Waals surface area contributed by atoms with Crippen molar-refractivity contribution in [3.8, 4) is 0 Å². The van der Waals surface area contributed by atoms with E-state index in [-0.39, 0.29) is 0 Å². The molecule has 0 aliphatic carbocycles. The molecule has 84 valence electrons. The molecule has 0 bridgehead atoms. The topological polar surface area (TPSA) is 12.0 Å². The molecule has 2 atom stereocenters. The average molecular weight is 218 g/mol. The Bertz CT molecular complexity index is 335. The zero-order valence-electron chi connectivity index (χ0n) is 9.60. The molecule has 1 nitrogen and oxygen atoms in total. The molecule has 0 unspecified atom stereocenters. The van der Waals surface area contributed by atoms with Crippen LogP contribution in [0.3, 0.4) is 0 Å². The van der Waals surface area contributed by atoms with Crippen LogP contribution in [0.4, 0.5) is 13.2 Å². The molecule has 0 spiro atoms. The second kappa shape index (κ2) is 4.66. The lowest BCUT2D eigenvalue weighted by molar-refractivity contribution is -0.153. The van der Waals surface area contributed by atoms with Gasteiger partial charge in [0, 0.05) is 6.04 Å². The summed E-state index contributed by atoms with van der Waals surface area (Å²) < 4.78 is 44.6. The van der Waals surface area contributed by atoms with Crippen LogP contribution in [0.2, 0.25) is 0 Å². The van der Waals surface area contributed by atoms with Crippen LogP contribution in [0.1, 0.15) is 26.8 Å². The van der Waals surface area contributed by atoms with Crippen molar-refractivity contribution in [1.82, 2.24) is 5.32 Å². The highest BCUT2D eigenvalue weighted by Crippen LogP contribution is 2.22. The van der Waals surface area contributed by atoms with Crippen molar-refractivity contribution in [2.24, 2.45) is 0 Å². The third kappa shape index (κ3) is 3.55. The first-order chi connectivity index (χ1) is 7.24. The van der Waals surface area contributed by atoms with Gasteiger partial charge in [-0.1, -0.05) is 30.3 Å². The Balaban J connectivity index is 2.76. The zero-order chi connectivity index (χ0) is 12.4. The van der Waals surface area contributed by atoms with E-state index in [9.17, 15) is 13.2 Å². The van der Waals surface area contributed by atoms with Crippen molar-refractivity contribution in [2.45, 2.75) is 32.1 Å². The summed E-state index contributed by atoms with van der Waals surface area (Å²) in [4.78, 5) is 0. The van der Waals surface area contributed by atoms with Crippen molar-refractivity contribution in [3.05, 3.63) is 35.9 Å². The van der Waals surface area contributed by atoms with Gasteiger partial charge in [0.15, 0.2) is 0 Å². The van der Waals surface area contributed by atoms with Crippen LogP contribution in [-0.2, 0) is 0 Å². The fourth-order valence-electron chi connectivity index (χ4n) is 1.23. The summed E-state index contributed by atoms with van der Waals surface area (Å²) in [5, 5.41) is 2.25. The number of nitrogens with one attached hydrogen (secondary N) is 1. The molecule has 1 N–H and O–H groups in total. The first-order valence-corrected chi connectivity index (χ1v) is 4.63. The lowest BCUT2D eigenvalue weighted by atomic mass is 10.1. The molecule has 4 heteroatoms. The fraction of sp³-hybridized carbons (Fsp3) is 0.455. The highest BCUT2D eigenvalue weighted by atomic mass is 19.4. The van der Waals surface area contributed by atoms with E-state index in [0.29, 0.717) is 0 Å². The van der Waals surface area contributed by atoms with Crippen LogP contribution < -0.4 is 5.32 Å². The van der Waals surface area contributed by atoms with Crippen molar-refractivity contribution < 1.29 is 14.5 Å². The summed E-state index contributed by atoms with van der Waals surface area (Å²) in [7, 11) is 0. The van der Waals surface area contributed by atoms with Crippen LogP contribution in [0.5, 0.6) is 0 Å². The second-order valence-electron chi connectivity index (χ2n) is 3.40. The van der Waals surface area contributed by atoms with E-state index in [2.05, 4.69) is 5.32 Å². The van der Waals surface area contributed by atoms with Gasteiger partial charge in [0.2, 0.25) is 0 Å². The quantitative estimate of drug-likeness (QED) is 0.820. The standard InChI is InChI=1S/C11H14F3N/c1-8(10-6-4-3-5-7-10)15-9(2)11(12,13)14/h3-9,15H,1-2H3/t8-,9-/m0/s1/i9D. The van der Waals surface area contributed by atoms with Gasteiger partial charge in [0.25, 0.3) is 0 Å². The third-order valence-corrected chi connectivity index (χ3v) is 2.16. The minimum Gasteiger partial charge on any atom is -0.300 e. The molecule has 0 saturated heterocycles. The minimum atomic E-state index is -4.59. The normalized spacial score (nSPS) is 19.1. The SMILES string of the molecule is [2H][C@@](C)(N[C@@H](C)c1ccccc1)C(F)(F)F. The van der Waals surface area contributed by atoms with E-state index in [1.807, 2.05) is 0 Å². The first kappa shape index (κ1) is 10.5. The van der Waals surface area contributed by atoms with Gasteiger partial charge in [-0.25, -0.2) is 0 Å². The van der Waals surface area contributed by atoms with Crippen molar-refractivity contribution >= 4 is 0 Å². The predicted octanol–water partition coefficient (Wildman–Crippen LogP) is 3.29. The average Bonchev–Trinajstić information content (AvgIpc) is 2.16. The summed E-state index contributed by atoms with van der Waals surface area (Å²) in [5.74, 6) is 0. The van der Waals surface area contributed by atoms with Crippen molar-refractivity contribution in [2.75, 3.05) is 0 Å². The molecule has 0 radical (unpaired) electrons. The van der Waals surface area contributed by atoms with Crippen LogP contribution >= 0.6 is 0 Å². The minimum absolute atomic E-state index is 0.523. The Morgan fingerprint density at radius 2 is 1.73 bits per heavy atom. The maximum Gasteiger partial charge on any atom is 0.403 e. The molecule has 0 aromatic heterocycles. The summed E-state index contributed by atoms with van der Waals surface area (Å²) >= 11 is 0. The Morgan fingerprint density at radius 1 is 1.20 bits per heavy atom. The Labute approximate surface area is 88.7 Å². The van der Waals surface area contributed by atoms with Gasteiger partial charge in [-0.3, -0.25) is 5.32 Å². The molecule has 0 heterocycles. The number of benzene rings is 1. The fourth-order valence-corrected chi connectivity index (χ4v) is 1.23. The summed E-state index contributed by atoms with van der Waals surface area (Å²) in [6.07, 6.45) is -4.59. The molecule has 0 aliphatic heterocycles. The highest BCUT2D eigenvalue weighted by Gasteiger charge is 2.36. The molecular formula is C11H14F3N. The van der Waals surface area contributed by atoms with Crippen LogP contribution in [0.25, 0.3) is 0 Å². The van der Waals surface area contributed by atoms with Crippen molar-refractivity contribution in [3.63, 3.8) is 0 Å². The zero-order valence-corrected chi connectivity index (χ0v) is 8.60. The van der Waals surface area contributed by atoms with Crippen LogP contribution in [-0.4, -0.2) is 12.2 Å². The molecule has 0 fully saturated rings. The molecule has 15 heavy (non-hydrogen) atoms. The van der Waals surface area contributed by atoms with E-state index in [1.54, 1.807) is 37.3 Å². The van der Waals surface area contributed by atoms with Crippen LogP contribution in [0, 0.1) is 0 Å². The maximum absolute atomic E-state index is 12.5. The van der Waals surface area contributed by atoms with Gasteiger partial charge in [0.1, 0.15) is 6.02 Å². The molecule has 0 amide bonds. The van der Waals surface area contributed by atoms with Gasteiger partial charge < -0.3 is 0 Å². The first-order valence-electron chi connectivity index (χ1n) is 5.13. The van der Waals surface area contributed by atoms with E-state index >= 15 is 0 Å². The number of alkyl halides is 3. The number of halogens is 3. The van der Waals surface area contributed by atoms with E-state index < -0.39 is 18.2 Å². The van der Waals surface area contributed by atoms with E-state index in [4.69, 9.17) is 1.37 Å². The largest absolute Gasteiger partial charge is 0.403 e. The van der Waals surface area contributed by atoms with Gasteiger partial charge in [-0.2, -0.15) is 13.2 Å². The number of hydrogen-bond donors (Lipinski definition) is 1. The monoisotopic (exact) mass is 218 g/mol. The van der Waals surface area contributed by atoms with Crippen molar-refractivity contribution in [1.29, 1.82) is 0 Å². The van der Waals surface area contributed by atoms with Gasteiger partial charge in [0.05, 0.1) is 1.37 Å². The third-order valence-electron chi connectivity index (χ3n) is 2.16. The smallest absolute Gasteiger partial charge is 0.300 e. The summed E-state index contributed by atoms with van der Waals surface area (Å²) in [6, 6.07) is 5.59. The molecule has 0 aliphatic rings. The lowest BCUT2D eigenvalue weighted by Gasteiger charge is -2.22.